The van der Waals surface area contributed by atoms with E-state index < -0.39 is 10.0 Å². The van der Waals surface area contributed by atoms with Crippen LogP contribution in [-0.2, 0) is 10.0 Å². The van der Waals surface area contributed by atoms with Crippen LogP contribution < -0.4 is 9.62 Å². The first kappa shape index (κ1) is 15.7. The summed E-state index contributed by atoms with van der Waals surface area (Å²) in [6, 6.07) is 15.5. The largest absolute Gasteiger partial charge is 0.311 e. The Labute approximate surface area is 145 Å². The molecule has 1 aliphatic heterocycles. The normalized spacial score (nSPS) is 13.5. The molecule has 3 aromatic carbocycles. The van der Waals surface area contributed by atoms with Crippen LogP contribution in [0.15, 0.2) is 59.5 Å². The molecule has 1 N–H and O–H groups in total. The van der Waals surface area contributed by atoms with Gasteiger partial charge in [-0.3, -0.25) is 9.52 Å². The highest BCUT2D eigenvalue weighted by molar-refractivity contribution is 7.93. The van der Waals surface area contributed by atoms with Crippen LogP contribution in [0.4, 0.5) is 11.4 Å². The molecule has 1 heterocycles. The number of hydrogen-bond donors (Lipinski definition) is 1. The predicted molar refractivity (Wildman–Crippen MR) is 98.7 cm³/mol. The molecule has 1 aliphatic rings. The van der Waals surface area contributed by atoms with E-state index in [0.717, 1.165) is 11.3 Å². The monoisotopic (exact) mass is 352 g/mol. The van der Waals surface area contributed by atoms with Crippen LogP contribution in [0.5, 0.6) is 0 Å². The molecular formula is C19H16N2O3S. The molecule has 5 nitrogen and oxygen atoms in total. The Bertz CT molecular complexity index is 1120. The second kappa shape index (κ2) is 5.32. The highest BCUT2D eigenvalue weighted by atomic mass is 32.2. The first-order valence-electron chi connectivity index (χ1n) is 7.82. The van der Waals surface area contributed by atoms with Crippen molar-refractivity contribution in [1.29, 1.82) is 0 Å². The molecule has 6 heteroatoms. The summed E-state index contributed by atoms with van der Waals surface area (Å²) < 4.78 is 28.4. The zero-order chi connectivity index (χ0) is 17.8. The highest BCUT2D eigenvalue weighted by Gasteiger charge is 2.30. The maximum absolute atomic E-state index is 12.9. The van der Waals surface area contributed by atoms with Gasteiger partial charge in [0.05, 0.1) is 10.6 Å². The van der Waals surface area contributed by atoms with Gasteiger partial charge in [0.25, 0.3) is 15.9 Å². The van der Waals surface area contributed by atoms with Crippen molar-refractivity contribution < 1.29 is 13.2 Å². The molecule has 0 spiro atoms. The van der Waals surface area contributed by atoms with Crippen LogP contribution in [0, 0.1) is 6.92 Å². The molecule has 0 saturated carbocycles. The van der Waals surface area contributed by atoms with Gasteiger partial charge in [0.15, 0.2) is 0 Å². The van der Waals surface area contributed by atoms with Crippen LogP contribution in [0.25, 0.3) is 10.8 Å². The summed E-state index contributed by atoms with van der Waals surface area (Å²) in [5.74, 6) is -0.123. The Morgan fingerprint density at radius 2 is 1.68 bits per heavy atom. The van der Waals surface area contributed by atoms with Gasteiger partial charge in [0.1, 0.15) is 0 Å². The third-order valence-electron chi connectivity index (χ3n) is 4.47. The highest BCUT2D eigenvalue weighted by Crippen LogP contribution is 2.39. The van der Waals surface area contributed by atoms with E-state index in [2.05, 4.69) is 4.72 Å². The standard InChI is InChI=1S/C19H16N2O3S/c1-12-6-8-13(9-7-12)20-25(23,24)17-11-10-16-18-14(17)4-3-5-15(18)19(22)21(16)2/h3-11,20H,1-2H3. The molecule has 1 amide bonds. The number of carbonyl (C=O) groups is 1. The molecule has 126 valence electrons. The Kier molecular flexibility index (Phi) is 3.33. The predicted octanol–water partition coefficient (Wildman–Crippen LogP) is 3.54. The molecule has 0 saturated heterocycles. The van der Waals surface area contributed by atoms with Crippen LogP contribution in [0.3, 0.4) is 0 Å². The maximum atomic E-state index is 12.9. The Hall–Kier alpha value is -2.86. The lowest BCUT2D eigenvalue weighted by molar-refractivity contribution is 0.0999. The summed E-state index contributed by atoms with van der Waals surface area (Å²) in [5.41, 5.74) is 2.81. The van der Waals surface area contributed by atoms with E-state index in [4.69, 9.17) is 0 Å². The number of nitrogens with one attached hydrogen (secondary N) is 1. The molecule has 0 aliphatic carbocycles. The summed E-state index contributed by atoms with van der Waals surface area (Å²) >= 11 is 0. The minimum atomic E-state index is -3.77. The van der Waals surface area contributed by atoms with Crippen molar-refractivity contribution in [2.45, 2.75) is 11.8 Å². The van der Waals surface area contributed by atoms with Crippen molar-refractivity contribution in [1.82, 2.24) is 0 Å². The van der Waals surface area contributed by atoms with Crippen molar-refractivity contribution in [3.05, 3.63) is 65.7 Å². The zero-order valence-electron chi connectivity index (χ0n) is 13.8. The molecular weight excluding hydrogens is 336 g/mol. The molecule has 4 rings (SSSR count). The molecule has 3 aromatic rings. The number of hydrogen-bond acceptors (Lipinski definition) is 3. The van der Waals surface area contributed by atoms with Crippen LogP contribution in [0.2, 0.25) is 0 Å². The first-order chi connectivity index (χ1) is 11.9. The Morgan fingerprint density at radius 1 is 0.960 bits per heavy atom. The van der Waals surface area contributed by atoms with E-state index in [9.17, 15) is 13.2 Å². The number of aryl methyl sites for hydroxylation is 1. The smallest absolute Gasteiger partial charge is 0.262 e. The molecule has 0 unspecified atom stereocenters. The van der Waals surface area contributed by atoms with E-state index in [0.29, 0.717) is 22.0 Å². The topological polar surface area (TPSA) is 66.5 Å². The number of anilines is 2. The zero-order valence-corrected chi connectivity index (χ0v) is 14.6. The van der Waals surface area contributed by atoms with Gasteiger partial charge in [0, 0.05) is 29.1 Å². The molecule has 0 bridgehead atoms. The molecule has 0 atom stereocenters. The van der Waals surface area contributed by atoms with Gasteiger partial charge in [-0.05, 0) is 37.3 Å². The minimum Gasteiger partial charge on any atom is -0.311 e. The second-order valence-corrected chi connectivity index (χ2v) is 7.80. The maximum Gasteiger partial charge on any atom is 0.262 e. The van der Waals surface area contributed by atoms with Gasteiger partial charge in [-0.15, -0.1) is 0 Å². The lowest BCUT2D eigenvalue weighted by Crippen LogP contribution is -2.20. The summed E-state index contributed by atoms with van der Waals surface area (Å²) in [6.07, 6.45) is 0. The molecule has 0 aromatic heterocycles. The molecule has 0 fully saturated rings. The van der Waals surface area contributed by atoms with Crippen LogP contribution >= 0.6 is 0 Å². The van der Waals surface area contributed by atoms with Gasteiger partial charge in [0.2, 0.25) is 0 Å². The first-order valence-corrected chi connectivity index (χ1v) is 9.30. The quantitative estimate of drug-likeness (QED) is 0.784. The van der Waals surface area contributed by atoms with Crippen molar-refractivity contribution in [2.24, 2.45) is 0 Å². The minimum absolute atomic E-state index is 0.123. The second-order valence-electron chi connectivity index (χ2n) is 6.15. The average Bonchev–Trinajstić information content (AvgIpc) is 2.84. The summed E-state index contributed by atoms with van der Waals surface area (Å²) in [4.78, 5) is 14.0. The fraction of sp³-hybridized carbons (Fsp3) is 0.105. The van der Waals surface area contributed by atoms with E-state index in [1.54, 1.807) is 54.4 Å². The number of benzene rings is 3. The molecule has 25 heavy (non-hydrogen) atoms. The number of sulfonamides is 1. The van der Waals surface area contributed by atoms with E-state index in [1.807, 2.05) is 19.1 Å². The van der Waals surface area contributed by atoms with Gasteiger partial charge < -0.3 is 4.90 Å². The summed E-state index contributed by atoms with van der Waals surface area (Å²) in [7, 11) is -2.08. The van der Waals surface area contributed by atoms with Crippen molar-refractivity contribution >= 4 is 38.1 Å². The Morgan fingerprint density at radius 3 is 2.40 bits per heavy atom. The van der Waals surface area contributed by atoms with E-state index >= 15 is 0 Å². The lowest BCUT2D eigenvalue weighted by Gasteiger charge is -2.13. The van der Waals surface area contributed by atoms with Gasteiger partial charge in [-0.1, -0.05) is 29.8 Å². The van der Waals surface area contributed by atoms with Crippen molar-refractivity contribution in [2.75, 3.05) is 16.7 Å². The summed E-state index contributed by atoms with van der Waals surface area (Å²) in [5, 5.41) is 1.23. The number of nitrogens with zero attached hydrogens (tertiary/aromatic N) is 1. The van der Waals surface area contributed by atoms with E-state index in [1.165, 1.54) is 0 Å². The van der Waals surface area contributed by atoms with Gasteiger partial charge in [-0.25, -0.2) is 8.42 Å². The fourth-order valence-electron chi connectivity index (χ4n) is 3.18. The lowest BCUT2D eigenvalue weighted by atomic mass is 10.1. The third kappa shape index (κ3) is 2.37. The average molecular weight is 352 g/mol. The van der Waals surface area contributed by atoms with Crippen molar-refractivity contribution in [3.63, 3.8) is 0 Å². The van der Waals surface area contributed by atoms with Gasteiger partial charge in [-0.2, -0.15) is 0 Å². The SMILES string of the molecule is Cc1ccc(NS(=O)(=O)c2ccc3c4c(cccc24)C(=O)N3C)cc1. The number of carbonyl (C=O) groups excluding carboxylic acids is 1. The number of amides is 1. The van der Waals surface area contributed by atoms with Crippen LogP contribution in [0.1, 0.15) is 15.9 Å². The van der Waals surface area contributed by atoms with Crippen LogP contribution in [-0.4, -0.2) is 21.4 Å². The molecule has 0 radical (unpaired) electrons. The number of rotatable bonds is 3. The van der Waals surface area contributed by atoms with E-state index in [-0.39, 0.29) is 10.8 Å². The fourth-order valence-corrected chi connectivity index (χ4v) is 4.44. The Balaban J connectivity index is 1.88. The third-order valence-corrected chi connectivity index (χ3v) is 5.91. The van der Waals surface area contributed by atoms with Crippen molar-refractivity contribution in [3.8, 4) is 0 Å². The summed E-state index contributed by atoms with van der Waals surface area (Å²) in [6.45, 7) is 1.94. The van der Waals surface area contributed by atoms with Gasteiger partial charge >= 0.3 is 0 Å².